The van der Waals surface area contributed by atoms with Crippen LogP contribution in [0.1, 0.15) is 24.0 Å². The number of rotatable bonds is 4. The molecule has 1 aromatic carbocycles. The largest absolute Gasteiger partial charge is 0.469 e. The maximum Gasteiger partial charge on any atom is 0.309 e. The first-order valence-electron chi connectivity index (χ1n) is 6.08. The molecule has 0 radical (unpaired) electrons. The van der Waals surface area contributed by atoms with E-state index in [0.717, 1.165) is 11.1 Å². The molecule has 2 rings (SSSR count). The first-order valence-corrected chi connectivity index (χ1v) is 6.08. The third-order valence-electron chi connectivity index (χ3n) is 3.16. The molecule has 1 fully saturated rings. The Balaban J connectivity index is 2.18. The molecule has 0 spiro atoms. The molecule has 5 heteroatoms. The van der Waals surface area contributed by atoms with Gasteiger partial charge < -0.3 is 4.74 Å². The predicted octanol–water partition coefficient (Wildman–Crippen LogP) is 1.05. The third kappa shape index (κ3) is 2.99. The van der Waals surface area contributed by atoms with Crippen LogP contribution in [0.25, 0.3) is 0 Å². The number of amides is 2. The molecule has 0 atom stereocenters. The molecule has 5 nitrogen and oxygen atoms in total. The summed E-state index contributed by atoms with van der Waals surface area (Å²) in [5.41, 5.74) is 1.58. The molecule has 1 saturated heterocycles. The number of hydrogen-bond donors (Lipinski definition) is 0. The SMILES string of the molecule is COC(=O)Cc1ccccc1CN1C(=O)CCC1=O. The van der Waals surface area contributed by atoms with Crippen molar-refractivity contribution < 1.29 is 19.1 Å². The highest BCUT2D eigenvalue weighted by Gasteiger charge is 2.29. The number of likely N-dealkylation sites (tertiary alicyclic amines) is 1. The summed E-state index contributed by atoms with van der Waals surface area (Å²) in [5, 5.41) is 0. The molecule has 1 aromatic rings. The van der Waals surface area contributed by atoms with Gasteiger partial charge in [-0.25, -0.2) is 0 Å². The zero-order chi connectivity index (χ0) is 13.8. The van der Waals surface area contributed by atoms with Crippen molar-refractivity contribution in [3.8, 4) is 0 Å². The standard InChI is InChI=1S/C14H15NO4/c1-19-14(18)8-10-4-2-3-5-11(10)9-15-12(16)6-7-13(15)17/h2-5H,6-9H2,1H3. The Morgan fingerprint density at radius 2 is 1.74 bits per heavy atom. The Bertz CT molecular complexity index is 508. The molecule has 0 aliphatic carbocycles. The van der Waals surface area contributed by atoms with Gasteiger partial charge in [0.15, 0.2) is 0 Å². The number of carbonyl (C=O) groups excluding carboxylic acids is 3. The van der Waals surface area contributed by atoms with Gasteiger partial charge in [0.05, 0.1) is 20.1 Å². The maximum atomic E-state index is 11.6. The van der Waals surface area contributed by atoms with Crippen molar-refractivity contribution in [1.82, 2.24) is 4.90 Å². The van der Waals surface area contributed by atoms with Gasteiger partial charge in [0, 0.05) is 12.8 Å². The quantitative estimate of drug-likeness (QED) is 0.600. The lowest BCUT2D eigenvalue weighted by Gasteiger charge is -2.16. The molecule has 100 valence electrons. The Morgan fingerprint density at radius 3 is 2.32 bits per heavy atom. The fraction of sp³-hybridized carbons (Fsp3) is 0.357. The first kappa shape index (κ1) is 13.3. The first-order chi connectivity index (χ1) is 9.11. The molecular formula is C14H15NO4. The topological polar surface area (TPSA) is 63.7 Å². The molecule has 1 aliphatic rings. The zero-order valence-electron chi connectivity index (χ0n) is 10.7. The van der Waals surface area contributed by atoms with Crippen LogP contribution in [0, 0.1) is 0 Å². The average molecular weight is 261 g/mol. The molecule has 0 saturated carbocycles. The Hall–Kier alpha value is -2.17. The van der Waals surface area contributed by atoms with Crippen LogP contribution in [0.15, 0.2) is 24.3 Å². The van der Waals surface area contributed by atoms with E-state index >= 15 is 0 Å². The molecule has 1 aliphatic heterocycles. The van der Waals surface area contributed by atoms with Crippen molar-refractivity contribution in [2.75, 3.05) is 7.11 Å². The zero-order valence-corrected chi connectivity index (χ0v) is 10.7. The number of esters is 1. The van der Waals surface area contributed by atoms with Crippen LogP contribution in [0.3, 0.4) is 0 Å². The van der Waals surface area contributed by atoms with E-state index in [0.29, 0.717) is 0 Å². The molecule has 0 bridgehead atoms. The number of ether oxygens (including phenoxy) is 1. The number of hydrogen-bond acceptors (Lipinski definition) is 4. The molecule has 2 amide bonds. The molecule has 0 unspecified atom stereocenters. The van der Waals surface area contributed by atoms with Crippen molar-refractivity contribution in [3.63, 3.8) is 0 Å². The number of imide groups is 1. The highest BCUT2D eigenvalue weighted by Crippen LogP contribution is 2.18. The predicted molar refractivity (Wildman–Crippen MR) is 67.0 cm³/mol. The molecular weight excluding hydrogens is 246 g/mol. The fourth-order valence-electron chi connectivity index (χ4n) is 2.08. The number of carbonyl (C=O) groups is 3. The van der Waals surface area contributed by atoms with Gasteiger partial charge in [0.1, 0.15) is 0 Å². The average Bonchev–Trinajstić information content (AvgIpc) is 2.72. The lowest BCUT2D eigenvalue weighted by Crippen LogP contribution is -2.29. The summed E-state index contributed by atoms with van der Waals surface area (Å²) in [6, 6.07) is 7.25. The van der Waals surface area contributed by atoms with E-state index in [1.54, 1.807) is 6.07 Å². The van der Waals surface area contributed by atoms with Crippen LogP contribution >= 0.6 is 0 Å². The van der Waals surface area contributed by atoms with E-state index in [2.05, 4.69) is 4.74 Å². The smallest absolute Gasteiger partial charge is 0.309 e. The summed E-state index contributed by atoms with van der Waals surface area (Å²) in [4.78, 5) is 35.8. The number of nitrogens with zero attached hydrogens (tertiary/aromatic N) is 1. The van der Waals surface area contributed by atoms with Gasteiger partial charge >= 0.3 is 5.97 Å². The van der Waals surface area contributed by atoms with Crippen LogP contribution < -0.4 is 0 Å². The minimum Gasteiger partial charge on any atom is -0.469 e. The molecule has 19 heavy (non-hydrogen) atoms. The highest BCUT2D eigenvalue weighted by atomic mass is 16.5. The van der Waals surface area contributed by atoms with Crippen molar-refractivity contribution >= 4 is 17.8 Å². The summed E-state index contributed by atoms with van der Waals surface area (Å²) in [7, 11) is 1.33. The molecule has 1 heterocycles. The minimum atomic E-state index is -0.341. The van der Waals surface area contributed by atoms with Crippen LogP contribution in [0.2, 0.25) is 0 Å². The van der Waals surface area contributed by atoms with Crippen molar-refractivity contribution in [3.05, 3.63) is 35.4 Å². The van der Waals surface area contributed by atoms with Crippen molar-refractivity contribution in [2.24, 2.45) is 0 Å². The maximum absolute atomic E-state index is 11.6. The summed E-state index contributed by atoms with van der Waals surface area (Å²) in [5.74, 6) is -0.651. The fourth-order valence-corrected chi connectivity index (χ4v) is 2.08. The summed E-state index contributed by atoms with van der Waals surface area (Å²) < 4.78 is 4.63. The van der Waals surface area contributed by atoms with Gasteiger partial charge in [-0.3, -0.25) is 19.3 Å². The second kappa shape index (κ2) is 5.65. The van der Waals surface area contributed by atoms with E-state index in [1.165, 1.54) is 12.0 Å². The lowest BCUT2D eigenvalue weighted by molar-refractivity contribution is -0.140. The van der Waals surface area contributed by atoms with E-state index in [-0.39, 0.29) is 43.6 Å². The molecule has 0 aromatic heterocycles. The van der Waals surface area contributed by atoms with Crippen LogP contribution in [0.5, 0.6) is 0 Å². The summed E-state index contributed by atoms with van der Waals surface area (Å²) in [6.07, 6.45) is 0.693. The van der Waals surface area contributed by atoms with Gasteiger partial charge in [0.25, 0.3) is 0 Å². The van der Waals surface area contributed by atoms with Crippen LogP contribution in [-0.2, 0) is 32.1 Å². The van der Waals surface area contributed by atoms with Gasteiger partial charge in [-0.05, 0) is 11.1 Å². The van der Waals surface area contributed by atoms with E-state index in [4.69, 9.17) is 0 Å². The third-order valence-corrected chi connectivity index (χ3v) is 3.16. The molecule has 0 N–H and O–H groups in total. The highest BCUT2D eigenvalue weighted by molar-refractivity contribution is 6.01. The Kier molecular flexibility index (Phi) is 3.94. The number of benzene rings is 1. The second-order valence-electron chi connectivity index (χ2n) is 4.40. The Morgan fingerprint density at radius 1 is 1.16 bits per heavy atom. The van der Waals surface area contributed by atoms with Crippen molar-refractivity contribution in [1.29, 1.82) is 0 Å². The van der Waals surface area contributed by atoms with Gasteiger partial charge in [-0.15, -0.1) is 0 Å². The lowest BCUT2D eigenvalue weighted by atomic mass is 10.0. The van der Waals surface area contributed by atoms with Crippen LogP contribution in [-0.4, -0.2) is 29.8 Å². The van der Waals surface area contributed by atoms with Crippen molar-refractivity contribution in [2.45, 2.75) is 25.8 Å². The monoisotopic (exact) mass is 261 g/mol. The van der Waals surface area contributed by atoms with Gasteiger partial charge in [-0.2, -0.15) is 0 Å². The van der Waals surface area contributed by atoms with Crippen LogP contribution in [0.4, 0.5) is 0 Å². The number of methoxy groups -OCH3 is 1. The van der Waals surface area contributed by atoms with Gasteiger partial charge in [0.2, 0.25) is 11.8 Å². The van der Waals surface area contributed by atoms with E-state index in [9.17, 15) is 14.4 Å². The Labute approximate surface area is 111 Å². The minimum absolute atomic E-state index is 0.142. The van der Waals surface area contributed by atoms with Gasteiger partial charge in [-0.1, -0.05) is 24.3 Å². The normalized spacial score (nSPS) is 14.9. The summed E-state index contributed by atoms with van der Waals surface area (Å²) in [6.45, 7) is 0.227. The van der Waals surface area contributed by atoms with E-state index in [1.807, 2.05) is 18.2 Å². The summed E-state index contributed by atoms with van der Waals surface area (Å²) >= 11 is 0. The second-order valence-corrected chi connectivity index (χ2v) is 4.40. The van der Waals surface area contributed by atoms with E-state index < -0.39 is 0 Å².